The highest BCUT2D eigenvalue weighted by Crippen LogP contribution is 2.34. The van der Waals surface area contributed by atoms with Gasteiger partial charge in [-0.1, -0.05) is 12.1 Å². The molecule has 1 aliphatic carbocycles. The lowest BCUT2D eigenvalue weighted by Gasteiger charge is -2.26. The van der Waals surface area contributed by atoms with E-state index in [0.717, 1.165) is 67.7 Å². The summed E-state index contributed by atoms with van der Waals surface area (Å²) in [5.41, 5.74) is 2.15. The number of carbonyl (C=O) groups excluding carboxylic acids is 1. The van der Waals surface area contributed by atoms with Crippen molar-refractivity contribution in [1.29, 1.82) is 0 Å². The van der Waals surface area contributed by atoms with E-state index in [2.05, 4.69) is 10.2 Å². The molecular formula is C21H27N3O5S. The van der Waals surface area contributed by atoms with E-state index >= 15 is 0 Å². The van der Waals surface area contributed by atoms with E-state index in [1.54, 1.807) is 18.4 Å². The summed E-state index contributed by atoms with van der Waals surface area (Å²) in [7, 11) is 1.65. The number of hydrogen-bond donors (Lipinski definition) is 2. The largest absolute Gasteiger partial charge is 0.497 e. The third kappa shape index (κ3) is 5.70. The third-order valence-electron chi connectivity index (χ3n) is 5.18. The molecule has 1 aromatic carbocycles. The van der Waals surface area contributed by atoms with Crippen LogP contribution < -0.4 is 15.0 Å². The van der Waals surface area contributed by atoms with Gasteiger partial charge in [-0.15, -0.1) is 11.3 Å². The maximum Gasteiger partial charge on any atom is 0.290 e. The number of rotatable bonds is 5. The molecule has 1 saturated heterocycles. The molecule has 0 spiro atoms. The third-order valence-corrected chi connectivity index (χ3v) is 6.40. The molecule has 1 aromatic heterocycles. The number of nitrogens with one attached hydrogen (secondary N) is 1. The number of morpholine rings is 1. The van der Waals surface area contributed by atoms with E-state index < -0.39 is 0 Å². The molecule has 0 bridgehead atoms. The highest BCUT2D eigenvalue weighted by Gasteiger charge is 2.28. The first kappa shape index (κ1) is 22.0. The van der Waals surface area contributed by atoms with Gasteiger partial charge in [-0.3, -0.25) is 9.59 Å². The van der Waals surface area contributed by atoms with Gasteiger partial charge < -0.3 is 24.8 Å². The second-order valence-corrected chi connectivity index (χ2v) is 8.14. The smallest absolute Gasteiger partial charge is 0.290 e. The van der Waals surface area contributed by atoms with Crippen LogP contribution in [0.4, 0.5) is 5.13 Å². The molecular weight excluding hydrogens is 406 g/mol. The van der Waals surface area contributed by atoms with E-state index in [9.17, 15) is 4.79 Å². The molecule has 4 rings (SSSR count). The normalized spacial score (nSPS) is 17.9. The molecule has 9 heteroatoms. The van der Waals surface area contributed by atoms with Crippen LogP contribution in [-0.4, -0.2) is 55.9 Å². The van der Waals surface area contributed by atoms with Crippen LogP contribution >= 0.6 is 11.3 Å². The molecule has 2 aliphatic rings. The first-order chi connectivity index (χ1) is 14.6. The average molecular weight is 434 g/mol. The van der Waals surface area contributed by atoms with Gasteiger partial charge in [-0.25, -0.2) is 4.98 Å². The highest BCUT2D eigenvalue weighted by molar-refractivity contribution is 7.15. The predicted octanol–water partition coefficient (Wildman–Crippen LogP) is 2.11. The second-order valence-electron chi connectivity index (χ2n) is 7.08. The van der Waals surface area contributed by atoms with Gasteiger partial charge in [-0.05, 0) is 30.5 Å². The summed E-state index contributed by atoms with van der Waals surface area (Å²) in [6.07, 6.45) is 2.57. The van der Waals surface area contributed by atoms with Gasteiger partial charge in [0.15, 0.2) is 5.13 Å². The van der Waals surface area contributed by atoms with Crippen LogP contribution in [0, 0.1) is 5.92 Å². The van der Waals surface area contributed by atoms with Crippen LogP contribution in [0.2, 0.25) is 0 Å². The highest BCUT2D eigenvalue weighted by atomic mass is 32.1. The summed E-state index contributed by atoms with van der Waals surface area (Å²) >= 11 is 1.78. The lowest BCUT2D eigenvalue weighted by atomic mass is 9.90. The van der Waals surface area contributed by atoms with Gasteiger partial charge in [-0.2, -0.15) is 0 Å². The minimum atomic E-state index is -0.250. The van der Waals surface area contributed by atoms with Crippen LogP contribution in [0.3, 0.4) is 0 Å². The van der Waals surface area contributed by atoms with E-state index in [1.165, 1.54) is 4.88 Å². The predicted molar refractivity (Wildman–Crippen MR) is 114 cm³/mol. The number of aromatic nitrogens is 1. The Morgan fingerprint density at radius 2 is 2.20 bits per heavy atom. The number of hydrogen-bond acceptors (Lipinski definition) is 7. The van der Waals surface area contributed by atoms with Crippen LogP contribution in [-0.2, 0) is 33.7 Å². The zero-order valence-corrected chi connectivity index (χ0v) is 17.8. The molecule has 2 heterocycles. The summed E-state index contributed by atoms with van der Waals surface area (Å²) in [5, 5.41) is 11.0. The van der Waals surface area contributed by atoms with Crippen LogP contribution in [0.15, 0.2) is 24.3 Å². The fraction of sp³-hybridized carbons (Fsp3) is 0.476. The Morgan fingerprint density at radius 1 is 1.43 bits per heavy atom. The number of benzene rings is 1. The number of carboxylic acid groups (broad SMARTS) is 1. The number of anilines is 1. The quantitative estimate of drug-likeness (QED) is 0.697. The number of amides is 1. The average Bonchev–Trinajstić information content (AvgIpc) is 3.22. The summed E-state index contributed by atoms with van der Waals surface area (Å²) in [4.78, 5) is 29.5. The van der Waals surface area contributed by atoms with E-state index in [4.69, 9.17) is 24.4 Å². The molecule has 1 aliphatic heterocycles. The lowest BCUT2D eigenvalue weighted by Crippen LogP contribution is -2.36. The van der Waals surface area contributed by atoms with Gasteiger partial charge in [0, 0.05) is 36.9 Å². The Balaban J connectivity index is 0.000000806. The molecule has 2 N–H and O–H groups in total. The molecule has 1 fully saturated rings. The van der Waals surface area contributed by atoms with E-state index in [-0.39, 0.29) is 18.3 Å². The van der Waals surface area contributed by atoms with Crippen molar-refractivity contribution >= 4 is 28.8 Å². The van der Waals surface area contributed by atoms with Crippen LogP contribution in [0.1, 0.15) is 22.6 Å². The zero-order chi connectivity index (χ0) is 21.3. The van der Waals surface area contributed by atoms with Crippen molar-refractivity contribution in [2.24, 2.45) is 5.92 Å². The maximum absolute atomic E-state index is 12.7. The van der Waals surface area contributed by atoms with Crippen molar-refractivity contribution in [3.8, 4) is 5.75 Å². The molecule has 0 saturated carbocycles. The first-order valence-corrected chi connectivity index (χ1v) is 10.8. The molecule has 2 aromatic rings. The van der Waals surface area contributed by atoms with Gasteiger partial charge in [0.2, 0.25) is 5.91 Å². The Labute approximate surface area is 179 Å². The van der Waals surface area contributed by atoms with Crippen molar-refractivity contribution in [3.05, 3.63) is 40.4 Å². The standard InChI is InChI=1S/C20H25N3O3S.CH2O2/c1-25-16-4-2-3-14(11-16)13-21-19(24)15-5-6-18-17(12-15)22-20(27-18)23-7-9-26-10-8-23;2-1-3/h2-4,11,15H,5-10,12-13H2,1H3,(H,21,24);1H,(H,2,3). The molecule has 8 nitrogen and oxygen atoms in total. The Hall–Kier alpha value is -2.65. The van der Waals surface area contributed by atoms with Crippen LogP contribution in [0.5, 0.6) is 5.75 Å². The first-order valence-electron chi connectivity index (χ1n) is 9.94. The Kier molecular flexibility index (Phi) is 8.04. The van der Waals surface area contributed by atoms with Crippen molar-refractivity contribution in [2.75, 3.05) is 38.3 Å². The fourth-order valence-corrected chi connectivity index (χ4v) is 4.75. The van der Waals surface area contributed by atoms with Crippen LogP contribution in [0.25, 0.3) is 0 Å². The van der Waals surface area contributed by atoms with Crippen molar-refractivity contribution in [1.82, 2.24) is 10.3 Å². The summed E-state index contributed by atoms with van der Waals surface area (Å²) < 4.78 is 10.7. The Morgan fingerprint density at radius 3 is 2.93 bits per heavy atom. The number of methoxy groups -OCH3 is 1. The maximum atomic E-state index is 12.7. The van der Waals surface area contributed by atoms with Gasteiger partial charge in [0.1, 0.15) is 5.75 Å². The molecule has 162 valence electrons. The number of aryl methyl sites for hydroxylation is 1. The van der Waals surface area contributed by atoms with E-state index in [0.29, 0.717) is 6.54 Å². The van der Waals surface area contributed by atoms with Crippen molar-refractivity contribution < 1.29 is 24.2 Å². The zero-order valence-electron chi connectivity index (χ0n) is 17.0. The summed E-state index contributed by atoms with van der Waals surface area (Å²) in [5.74, 6) is 0.925. The topological polar surface area (TPSA) is 101 Å². The number of nitrogens with zero attached hydrogens (tertiary/aromatic N) is 2. The Bertz CT molecular complexity index is 851. The minimum Gasteiger partial charge on any atom is -0.497 e. The van der Waals surface area contributed by atoms with Gasteiger partial charge >= 0.3 is 0 Å². The molecule has 1 unspecified atom stereocenters. The molecule has 1 amide bonds. The number of thiazole rings is 1. The molecule has 1 atom stereocenters. The number of fused-ring (bicyclic) bond motifs is 1. The lowest BCUT2D eigenvalue weighted by molar-refractivity contribution is -0.125. The monoisotopic (exact) mass is 433 g/mol. The van der Waals surface area contributed by atoms with E-state index in [1.807, 2.05) is 24.3 Å². The van der Waals surface area contributed by atoms with Gasteiger partial charge in [0.05, 0.1) is 26.0 Å². The van der Waals surface area contributed by atoms with Crippen molar-refractivity contribution in [2.45, 2.75) is 25.8 Å². The fourth-order valence-electron chi connectivity index (χ4n) is 3.59. The number of carbonyl (C=O) groups is 2. The SMILES string of the molecule is COc1cccc(CNC(=O)C2CCc3sc(N4CCOCC4)nc3C2)c1.O=CO. The number of ether oxygens (including phenoxy) is 2. The minimum absolute atomic E-state index is 0.00254. The second kappa shape index (κ2) is 10.9. The molecule has 0 radical (unpaired) electrons. The van der Waals surface area contributed by atoms with Crippen molar-refractivity contribution in [3.63, 3.8) is 0 Å². The van der Waals surface area contributed by atoms with Gasteiger partial charge in [0.25, 0.3) is 6.47 Å². The summed E-state index contributed by atoms with van der Waals surface area (Å²) in [6, 6.07) is 7.79. The molecule has 30 heavy (non-hydrogen) atoms. The summed E-state index contributed by atoms with van der Waals surface area (Å²) in [6.45, 7) is 3.60.